The van der Waals surface area contributed by atoms with Crippen LogP contribution in [0.25, 0.3) is 0 Å². The Morgan fingerprint density at radius 2 is 0.587 bits per heavy atom. The number of allylic oxidation sites excluding steroid dienone is 10. The molecule has 0 radical (unpaired) electrons. The van der Waals surface area contributed by atoms with Crippen LogP contribution in [0.4, 0.5) is 0 Å². The van der Waals surface area contributed by atoms with Crippen LogP contribution >= 0.6 is 0 Å². The molecule has 0 aromatic heterocycles. The summed E-state index contributed by atoms with van der Waals surface area (Å²) < 4.78 is 16.8. The highest BCUT2D eigenvalue weighted by atomic mass is 16.6. The van der Waals surface area contributed by atoms with Crippen LogP contribution in [0.5, 0.6) is 0 Å². The van der Waals surface area contributed by atoms with Gasteiger partial charge in [0.2, 0.25) is 0 Å². The van der Waals surface area contributed by atoms with E-state index in [4.69, 9.17) is 14.2 Å². The number of hydrogen-bond donors (Lipinski definition) is 0. The van der Waals surface area contributed by atoms with Crippen molar-refractivity contribution >= 4 is 17.9 Å². The predicted molar refractivity (Wildman–Crippen MR) is 270 cm³/mol. The fourth-order valence-corrected chi connectivity index (χ4v) is 7.41. The molecule has 0 aliphatic heterocycles. The number of carbonyl (C=O) groups is 3. The smallest absolute Gasteiger partial charge is 0.306 e. The molecule has 0 aliphatic carbocycles. The lowest BCUT2D eigenvalue weighted by molar-refractivity contribution is -0.167. The second kappa shape index (κ2) is 51.7. The third-order valence-electron chi connectivity index (χ3n) is 11.5. The van der Waals surface area contributed by atoms with Gasteiger partial charge in [0.15, 0.2) is 6.10 Å². The normalized spacial score (nSPS) is 12.5. The molecule has 0 rings (SSSR count). The van der Waals surface area contributed by atoms with Crippen molar-refractivity contribution in [2.75, 3.05) is 13.2 Å². The van der Waals surface area contributed by atoms with E-state index in [0.29, 0.717) is 19.3 Å². The molecular formula is C57H100O6. The summed E-state index contributed by atoms with van der Waals surface area (Å²) in [5, 5.41) is 0. The SMILES string of the molecule is CCCC/C=C\C/C=C\CCCCCCCC(=O)OC(COC(=O)CCCCCCCC/C=C\C/C=C\C/C=C\CCCCCCC)COC(=O)CCCCCCCCCCCC. The molecule has 0 aromatic rings. The third kappa shape index (κ3) is 50.0. The van der Waals surface area contributed by atoms with E-state index < -0.39 is 6.10 Å². The van der Waals surface area contributed by atoms with Crippen LogP contribution in [0.2, 0.25) is 0 Å². The summed E-state index contributed by atoms with van der Waals surface area (Å²) in [6.07, 6.45) is 63.5. The minimum atomic E-state index is -0.784. The summed E-state index contributed by atoms with van der Waals surface area (Å²) >= 11 is 0. The molecule has 0 bridgehead atoms. The van der Waals surface area contributed by atoms with Crippen LogP contribution in [0, 0.1) is 0 Å². The topological polar surface area (TPSA) is 78.9 Å². The van der Waals surface area contributed by atoms with E-state index in [1.54, 1.807) is 0 Å². The van der Waals surface area contributed by atoms with Gasteiger partial charge in [0.05, 0.1) is 0 Å². The first-order valence-corrected chi connectivity index (χ1v) is 26.8. The van der Waals surface area contributed by atoms with E-state index in [1.165, 1.54) is 122 Å². The average molecular weight is 881 g/mol. The Labute approximate surface area is 390 Å². The molecule has 0 fully saturated rings. The van der Waals surface area contributed by atoms with Gasteiger partial charge in [0, 0.05) is 19.3 Å². The van der Waals surface area contributed by atoms with Gasteiger partial charge in [-0.05, 0) is 83.5 Å². The lowest BCUT2D eigenvalue weighted by Gasteiger charge is -2.18. The van der Waals surface area contributed by atoms with Crippen molar-refractivity contribution in [1.29, 1.82) is 0 Å². The summed E-state index contributed by atoms with van der Waals surface area (Å²) in [6.45, 7) is 6.56. The van der Waals surface area contributed by atoms with Gasteiger partial charge >= 0.3 is 17.9 Å². The van der Waals surface area contributed by atoms with Gasteiger partial charge in [-0.3, -0.25) is 14.4 Å². The molecule has 1 atom stereocenters. The number of hydrogen-bond acceptors (Lipinski definition) is 6. The minimum Gasteiger partial charge on any atom is -0.462 e. The van der Waals surface area contributed by atoms with Gasteiger partial charge in [-0.15, -0.1) is 0 Å². The van der Waals surface area contributed by atoms with E-state index >= 15 is 0 Å². The van der Waals surface area contributed by atoms with Crippen LogP contribution < -0.4 is 0 Å². The Morgan fingerprint density at radius 1 is 0.317 bits per heavy atom. The fraction of sp³-hybridized carbons (Fsp3) is 0.772. The van der Waals surface area contributed by atoms with Gasteiger partial charge in [-0.2, -0.15) is 0 Å². The summed E-state index contributed by atoms with van der Waals surface area (Å²) in [7, 11) is 0. The number of rotatable bonds is 48. The molecular weight excluding hydrogens is 781 g/mol. The Morgan fingerprint density at radius 3 is 0.937 bits per heavy atom. The molecule has 1 unspecified atom stereocenters. The standard InChI is InChI=1S/C57H100O6/c1-4-7-10-13-16-19-22-24-26-27-28-29-30-31-32-34-35-38-41-44-47-50-56(59)62-53-54(52-61-55(58)49-46-43-40-37-21-18-15-12-9-6-3)63-57(60)51-48-45-42-39-36-33-25-23-20-17-14-11-8-5-2/h14,17,22-25,27-28,30-31,54H,4-13,15-16,18-21,26,29,32-53H2,1-3H3/b17-14-,24-22-,25-23-,28-27-,31-30-. The van der Waals surface area contributed by atoms with Crippen LogP contribution in [-0.4, -0.2) is 37.2 Å². The highest BCUT2D eigenvalue weighted by Gasteiger charge is 2.19. The number of ether oxygens (including phenoxy) is 3. The molecule has 0 N–H and O–H groups in total. The van der Waals surface area contributed by atoms with Crippen LogP contribution in [0.1, 0.15) is 265 Å². The first kappa shape index (κ1) is 60.1. The zero-order valence-electron chi connectivity index (χ0n) is 41.6. The largest absolute Gasteiger partial charge is 0.462 e. The van der Waals surface area contributed by atoms with E-state index in [2.05, 4.69) is 81.5 Å². The Hall–Kier alpha value is -2.89. The van der Waals surface area contributed by atoms with E-state index in [9.17, 15) is 14.4 Å². The second-order valence-electron chi connectivity index (χ2n) is 17.8. The second-order valence-corrected chi connectivity index (χ2v) is 17.8. The van der Waals surface area contributed by atoms with Crippen molar-refractivity contribution in [2.45, 2.75) is 271 Å². The monoisotopic (exact) mass is 881 g/mol. The van der Waals surface area contributed by atoms with Crippen molar-refractivity contribution < 1.29 is 28.6 Å². The lowest BCUT2D eigenvalue weighted by atomic mass is 10.1. The molecule has 0 amide bonds. The van der Waals surface area contributed by atoms with Crippen LogP contribution in [-0.2, 0) is 28.6 Å². The molecule has 0 saturated carbocycles. The minimum absolute atomic E-state index is 0.0828. The highest BCUT2D eigenvalue weighted by Crippen LogP contribution is 2.14. The van der Waals surface area contributed by atoms with Gasteiger partial charge < -0.3 is 14.2 Å². The average Bonchev–Trinajstić information content (AvgIpc) is 3.28. The van der Waals surface area contributed by atoms with E-state index in [-0.39, 0.29) is 31.1 Å². The quantitative estimate of drug-likeness (QED) is 0.0262. The highest BCUT2D eigenvalue weighted by molar-refractivity contribution is 5.71. The first-order valence-electron chi connectivity index (χ1n) is 26.8. The Bertz CT molecular complexity index is 1150. The van der Waals surface area contributed by atoms with E-state index in [0.717, 1.165) is 103 Å². The number of unbranched alkanes of at least 4 members (excludes halogenated alkanes) is 27. The lowest BCUT2D eigenvalue weighted by Crippen LogP contribution is -2.30. The number of esters is 3. The van der Waals surface area contributed by atoms with Gasteiger partial charge in [0.25, 0.3) is 0 Å². The molecule has 0 aromatic carbocycles. The molecule has 0 aliphatic rings. The van der Waals surface area contributed by atoms with Crippen LogP contribution in [0.15, 0.2) is 60.8 Å². The molecule has 63 heavy (non-hydrogen) atoms. The number of carbonyl (C=O) groups excluding carboxylic acids is 3. The fourth-order valence-electron chi connectivity index (χ4n) is 7.41. The molecule has 0 spiro atoms. The molecule has 6 nitrogen and oxygen atoms in total. The molecule has 0 saturated heterocycles. The molecule has 364 valence electrons. The molecule has 0 heterocycles. The van der Waals surface area contributed by atoms with Crippen molar-refractivity contribution in [3.8, 4) is 0 Å². The van der Waals surface area contributed by atoms with Gasteiger partial charge in [-0.1, -0.05) is 223 Å². The maximum atomic E-state index is 12.8. The van der Waals surface area contributed by atoms with E-state index in [1.807, 2.05) is 0 Å². The molecule has 6 heteroatoms. The van der Waals surface area contributed by atoms with Crippen LogP contribution in [0.3, 0.4) is 0 Å². The van der Waals surface area contributed by atoms with Gasteiger partial charge in [-0.25, -0.2) is 0 Å². The van der Waals surface area contributed by atoms with Crippen molar-refractivity contribution in [2.24, 2.45) is 0 Å². The van der Waals surface area contributed by atoms with Crippen molar-refractivity contribution in [3.63, 3.8) is 0 Å². The summed E-state index contributed by atoms with van der Waals surface area (Å²) in [5.74, 6) is -0.907. The van der Waals surface area contributed by atoms with Crippen molar-refractivity contribution in [3.05, 3.63) is 60.8 Å². The Balaban J connectivity index is 4.34. The summed E-state index contributed by atoms with van der Waals surface area (Å²) in [6, 6.07) is 0. The summed E-state index contributed by atoms with van der Waals surface area (Å²) in [4.78, 5) is 37.9. The maximum Gasteiger partial charge on any atom is 0.306 e. The zero-order valence-corrected chi connectivity index (χ0v) is 41.6. The van der Waals surface area contributed by atoms with Gasteiger partial charge in [0.1, 0.15) is 13.2 Å². The summed E-state index contributed by atoms with van der Waals surface area (Å²) in [5.41, 5.74) is 0. The third-order valence-corrected chi connectivity index (χ3v) is 11.5. The first-order chi connectivity index (χ1) is 31.0. The predicted octanol–water partition coefficient (Wildman–Crippen LogP) is 17.6. The zero-order chi connectivity index (χ0) is 45.8. The van der Waals surface area contributed by atoms with Crippen molar-refractivity contribution in [1.82, 2.24) is 0 Å². The maximum absolute atomic E-state index is 12.8. The Kier molecular flexibility index (Phi) is 49.4.